The van der Waals surface area contributed by atoms with Crippen LogP contribution in [0.4, 0.5) is 5.69 Å². The highest BCUT2D eigenvalue weighted by Gasteiger charge is 2.24. The Labute approximate surface area is 102 Å². The van der Waals surface area contributed by atoms with Crippen LogP contribution < -0.4 is 4.74 Å². The zero-order valence-corrected chi connectivity index (χ0v) is 9.66. The van der Waals surface area contributed by atoms with Gasteiger partial charge in [-0.1, -0.05) is 0 Å². The third kappa shape index (κ3) is 3.02. The standard InChI is InChI=1S/C9H11ClN2O5/c1-17-9-6(8(14)7(13)3-10)2-5(4-11-9)12(15)16/h2,4,7-8,13-14H,3H2,1H3. The van der Waals surface area contributed by atoms with Crippen LogP contribution in [0.1, 0.15) is 11.7 Å². The number of ether oxygens (including phenoxy) is 1. The molecule has 2 unspecified atom stereocenters. The van der Waals surface area contributed by atoms with Crippen LogP contribution in [-0.2, 0) is 0 Å². The van der Waals surface area contributed by atoms with Gasteiger partial charge in [-0.2, -0.15) is 0 Å². The second-order valence-electron chi connectivity index (χ2n) is 3.22. The van der Waals surface area contributed by atoms with Crippen LogP contribution in [-0.4, -0.2) is 39.2 Å². The predicted octanol–water partition coefficient (Wildman–Crippen LogP) is 0.631. The van der Waals surface area contributed by atoms with Crippen LogP contribution in [0, 0.1) is 10.1 Å². The first-order chi connectivity index (χ1) is 8.01. The Balaban J connectivity index is 3.18. The number of methoxy groups -OCH3 is 1. The number of hydrogen-bond donors (Lipinski definition) is 2. The highest BCUT2D eigenvalue weighted by Crippen LogP contribution is 2.28. The maximum absolute atomic E-state index is 10.6. The second kappa shape index (κ2) is 5.76. The molecule has 0 aliphatic carbocycles. The number of hydrogen-bond acceptors (Lipinski definition) is 6. The van der Waals surface area contributed by atoms with E-state index in [1.54, 1.807) is 0 Å². The maximum Gasteiger partial charge on any atom is 0.288 e. The van der Waals surface area contributed by atoms with Crippen LogP contribution in [0.15, 0.2) is 12.3 Å². The summed E-state index contributed by atoms with van der Waals surface area (Å²) in [5, 5.41) is 29.7. The number of alkyl halides is 1. The first-order valence-electron chi connectivity index (χ1n) is 4.61. The van der Waals surface area contributed by atoms with Gasteiger partial charge in [-0.3, -0.25) is 10.1 Å². The number of aromatic nitrogens is 1. The monoisotopic (exact) mass is 262 g/mol. The van der Waals surface area contributed by atoms with Crippen molar-refractivity contribution in [3.63, 3.8) is 0 Å². The molecule has 1 heterocycles. The summed E-state index contributed by atoms with van der Waals surface area (Å²) in [5.41, 5.74) is -0.281. The topological polar surface area (TPSA) is 106 Å². The molecular formula is C9H11ClN2O5. The van der Waals surface area contributed by atoms with Crippen molar-refractivity contribution < 1.29 is 19.9 Å². The van der Waals surface area contributed by atoms with Gasteiger partial charge in [-0.05, 0) is 0 Å². The molecule has 0 bridgehead atoms. The summed E-state index contributed by atoms with van der Waals surface area (Å²) in [7, 11) is 1.30. The molecule has 0 spiro atoms. The van der Waals surface area contributed by atoms with E-state index < -0.39 is 17.1 Å². The van der Waals surface area contributed by atoms with Crippen molar-refractivity contribution in [1.29, 1.82) is 0 Å². The molecule has 1 aromatic rings. The average Bonchev–Trinajstić information content (AvgIpc) is 2.35. The third-order valence-corrected chi connectivity index (χ3v) is 2.43. The maximum atomic E-state index is 10.6. The normalized spacial score (nSPS) is 14.1. The Bertz CT molecular complexity index is 414. The average molecular weight is 263 g/mol. The lowest BCUT2D eigenvalue weighted by Gasteiger charge is -2.17. The number of halogens is 1. The van der Waals surface area contributed by atoms with Gasteiger partial charge in [0.15, 0.2) is 0 Å². The van der Waals surface area contributed by atoms with Crippen molar-refractivity contribution in [3.8, 4) is 5.88 Å². The number of aliphatic hydroxyl groups excluding tert-OH is 2. The lowest BCUT2D eigenvalue weighted by atomic mass is 10.1. The first-order valence-corrected chi connectivity index (χ1v) is 5.15. The summed E-state index contributed by atoms with van der Waals surface area (Å²) < 4.78 is 4.85. The predicted molar refractivity (Wildman–Crippen MR) is 59.1 cm³/mol. The molecule has 8 heteroatoms. The Morgan fingerprint density at radius 3 is 2.76 bits per heavy atom. The lowest BCUT2D eigenvalue weighted by Crippen LogP contribution is -2.20. The van der Waals surface area contributed by atoms with Crippen molar-refractivity contribution in [2.24, 2.45) is 0 Å². The number of rotatable bonds is 5. The van der Waals surface area contributed by atoms with E-state index in [1.807, 2.05) is 0 Å². The van der Waals surface area contributed by atoms with Crippen molar-refractivity contribution in [2.75, 3.05) is 13.0 Å². The molecule has 0 saturated carbocycles. The van der Waals surface area contributed by atoms with E-state index in [0.717, 1.165) is 12.3 Å². The zero-order valence-electron chi connectivity index (χ0n) is 8.91. The van der Waals surface area contributed by atoms with Crippen LogP contribution >= 0.6 is 11.6 Å². The number of aliphatic hydroxyl groups is 2. The fraction of sp³-hybridized carbons (Fsp3) is 0.444. The molecule has 94 valence electrons. The lowest BCUT2D eigenvalue weighted by molar-refractivity contribution is -0.385. The van der Waals surface area contributed by atoms with Crippen LogP contribution in [0.3, 0.4) is 0 Å². The number of pyridine rings is 1. The molecule has 1 aromatic heterocycles. The Morgan fingerprint density at radius 1 is 1.65 bits per heavy atom. The van der Waals surface area contributed by atoms with Crippen LogP contribution in [0.2, 0.25) is 0 Å². The van der Waals surface area contributed by atoms with Crippen molar-refractivity contribution in [1.82, 2.24) is 4.98 Å². The zero-order chi connectivity index (χ0) is 13.0. The second-order valence-corrected chi connectivity index (χ2v) is 3.52. The number of nitro groups is 1. The minimum Gasteiger partial charge on any atom is -0.481 e. The minimum absolute atomic E-state index is 0.00673. The Morgan fingerprint density at radius 2 is 2.29 bits per heavy atom. The van der Waals surface area contributed by atoms with Gasteiger partial charge < -0.3 is 14.9 Å². The molecule has 0 aromatic carbocycles. The summed E-state index contributed by atoms with van der Waals surface area (Å²) in [6, 6.07) is 1.09. The van der Waals surface area contributed by atoms with Crippen molar-refractivity contribution >= 4 is 17.3 Å². The smallest absolute Gasteiger partial charge is 0.288 e. The van der Waals surface area contributed by atoms with Gasteiger partial charge in [-0.15, -0.1) is 11.6 Å². The van der Waals surface area contributed by atoms with Crippen LogP contribution in [0.25, 0.3) is 0 Å². The molecule has 2 N–H and O–H groups in total. The molecule has 7 nitrogen and oxygen atoms in total. The van der Waals surface area contributed by atoms with E-state index in [2.05, 4.69) is 4.98 Å². The third-order valence-electron chi connectivity index (χ3n) is 2.11. The van der Waals surface area contributed by atoms with E-state index in [4.69, 9.17) is 16.3 Å². The van der Waals surface area contributed by atoms with E-state index in [1.165, 1.54) is 7.11 Å². The van der Waals surface area contributed by atoms with E-state index in [9.17, 15) is 20.3 Å². The van der Waals surface area contributed by atoms with Gasteiger partial charge in [0.05, 0.1) is 29.6 Å². The summed E-state index contributed by atoms with van der Waals surface area (Å²) in [6.07, 6.45) is -1.65. The fourth-order valence-electron chi connectivity index (χ4n) is 1.23. The summed E-state index contributed by atoms with van der Waals surface area (Å²) in [4.78, 5) is 13.6. The van der Waals surface area contributed by atoms with E-state index in [-0.39, 0.29) is 23.0 Å². The molecule has 0 saturated heterocycles. The van der Waals surface area contributed by atoms with Gasteiger partial charge >= 0.3 is 0 Å². The summed E-state index contributed by atoms with van der Waals surface area (Å²) in [6.45, 7) is 0. The van der Waals surface area contributed by atoms with Gasteiger partial charge in [0.1, 0.15) is 12.3 Å². The molecule has 0 aliphatic rings. The van der Waals surface area contributed by atoms with Crippen molar-refractivity contribution in [3.05, 3.63) is 27.9 Å². The highest BCUT2D eigenvalue weighted by molar-refractivity contribution is 6.18. The highest BCUT2D eigenvalue weighted by atomic mass is 35.5. The molecule has 0 amide bonds. The molecule has 0 fully saturated rings. The quantitative estimate of drug-likeness (QED) is 0.458. The minimum atomic E-state index is -1.39. The SMILES string of the molecule is COc1ncc([N+](=O)[O-])cc1C(O)C(O)CCl. The van der Waals surface area contributed by atoms with Crippen molar-refractivity contribution in [2.45, 2.75) is 12.2 Å². The molecular weight excluding hydrogens is 252 g/mol. The molecule has 2 atom stereocenters. The molecule has 1 rings (SSSR count). The van der Waals surface area contributed by atoms with Gasteiger partial charge in [0, 0.05) is 6.07 Å². The number of nitrogens with zero attached hydrogens (tertiary/aromatic N) is 2. The summed E-state index contributed by atoms with van der Waals surface area (Å²) in [5.74, 6) is -0.209. The van der Waals surface area contributed by atoms with Gasteiger partial charge in [0.2, 0.25) is 5.88 Å². The molecule has 17 heavy (non-hydrogen) atoms. The molecule has 0 radical (unpaired) electrons. The Kier molecular flexibility index (Phi) is 4.62. The van der Waals surface area contributed by atoms with E-state index in [0.29, 0.717) is 0 Å². The van der Waals surface area contributed by atoms with E-state index >= 15 is 0 Å². The largest absolute Gasteiger partial charge is 0.481 e. The van der Waals surface area contributed by atoms with Gasteiger partial charge in [-0.25, -0.2) is 4.98 Å². The first kappa shape index (κ1) is 13.6. The Hall–Kier alpha value is -1.44. The van der Waals surface area contributed by atoms with Crippen LogP contribution in [0.5, 0.6) is 5.88 Å². The summed E-state index contributed by atoms with van der Waals surface area (Å²) >= 11 is 5.39. The van der Waals surface area contributed by atoms with Gasteiger partial charge in [0.25, 0.3) is 5.69 Å². The molecule has 0 aliphatic heterocycles. The fourth-order valence-corrected chi connectivity index (χ4v) is 1.40.